The maximum atomic E-state index is 13.0. The predicted octanol–water partition coefficient (Wildman–Crippen LogP) is 3.58. The number of carbonyl (C=O) groups is 2. The van der Waals surface area contributed by atoms with Gasteiger partial charge in [0.05, 0.1) is 17.8 Å². The van der Waals surface area contributed by atoms with E-state index in [-0.39, 0.29) is 16.3 Å². The second-order valence-electron chi connectivity index (χ2n) is 5.19. The molecule has 0 bridgehead atoms. The van der Waals surface area contributed by atoms with Gasteiger partial charge in [0.1, 0.15) is 23.2 Å². The van der Waals surface area contributed by atoms with E-state index >= 15 is 0 Å². The van der Waals surface area contributed by atoms with Crippen molar-refractivity contribution in [3.05, 3.63) is 64.4 Å². The summed E-state index contributed by atoms with van der Waals surface area (Å²) in [6.45, 7) is -0.631. The van der Waals surface area contributed by atoms with Gasteiger partial charge < -0.3 is 14.8 Å². The van der Waals surface area contributed by atoms with E-state index in [0.29, 0.717) is 11.3 Å². The fraction of sp³-hybridized carbons (Fsp3) is 0.105. The molecule has 0 atom stereocenters. The molecular weight excluding hydrogens is 375 g/mol. The van der Waals surface area contributed by atoms with Crippen LogP contribution in [0.2, 0.25) is 5.02 Å². The minimum atomic E-state index is -0.950. The van der Waals surface area contributed by atoms with Gasteiger partial charge in [0.2, 0.25) is 0 Å². The van der Waals surface area contributed by atoms with Crippen molar-refractivity contribution in [1.82, 2.24) is 0 Å². The Kier molecular flexibility index (Phi) is 6.92. The fourth-order valence-electron chi connectivity index (χ4n) is 1.99. The maximum Gasteiger partial charge on any atom is 0.349 e. The van der Waals surface area contributed by atoms with Gasteiger partial charge in [-0.15, -0.1) is 0 Å². The number of carbonyl (C=O) groups excluding carboxylic acids is 2. The summed E-state index contributed by atoms with van der Waals surface area (Å²) >= 11 is 5.80. The van der Waals surface area contributed by atoms with E-state index in [4.69, 9.17) is 26.3 Å². The van der Waals surface area contributed by atoms with Gasteiger partial charge in [-0.25, -0.2) is 9.18 Å². The molecule has 27 heavy (non-hydrogen) atoms. The van der Waals surface area contributed by atoms with E-state index in [0.717, 1.165) is 12.1 Å². The van der Waals surface area contributed by atoms with E-state index in [1.165, 1.54) is 19.3 Å². The Morgan fingerprint density at radius 3 is 2.56 bits per heavy atom. The highest BCUT2D eigenvalue weighted by atomic mass is 35.5. The van der Waals surface area contributed by atoms with Gasteiger partial charge in [0, 0.05) is 0 Å². The van der Waals surface area contributed by atoms with Crippen LogP contribution in [0.4, 0.5) is 10.1 Å². The zero-order valence-electron chi connectivity index (χ0n) is 14.2. The topological polar surface area (TPSA) is 88.4 Å². The normalized spacial score (nSPS) is 10.7. The number of anilines is 1. The van der Waals surface area contributed by atoms with E-state index in [9.17, 15) is 14.0 Å². The molecular formula is C19H14ClFN2O4. The lowest BCUT2D eigenvalue weighted by Crippen LogP contribution is -2.21. The molecule has 0 heterocycles. The minimum Gasteiger partial charge on any atom is -0.497 e. The van der Waals surface area contributed by atoms with Crippen molar-refractivity contribution in [3.63, 3.8) is 0 Å². The molecule has 0 radical (unpaired) electrons. The van der Waals surface area contributed by atoms with Crippen LogP contribution in [0.25, 0.3) is 6.08 Å². The molecule has 0 aromatic heterocycles. The van der Waals surface area contributed by atoms with Gasteiger partial charge in [-0.3, -0.25) is 4.79 Å². The molecule has 2 aromatic rings. The highest BCUT2D eigenvalue weighted by Crippen LogP contribution is 2.22. The average Bonchev–Trinajstić information content (AvgIpc) is 2.67. The summed E-state index contributed by atoms with van der Waals surface area (Å²) in [4.78, 5) is 23.8. The Bertz CT molecular complexity index is 920. The standard InChI is InChI=1S/C19H14ClFN2O4/c1-26-15-5-2-12(3-6-15)8-13(10-22)19(25)27-11-18(24)23-17-7-4-14(21)9-16(17)20/h2-9H,11H2,1H3,(H,23,24)/b13-8-. The molecule has 2 rings (SSSR count). The maximum absolute atomic E-state index is 13.0. The first kappa shape index (κ1) is 19.9. The predicted molar refractivity (Wildman–Crippen MR) is 97.6 cm³/mol. The van der Waals surface area contributed by atoms with Crippen LogP contribution in [0.5, 0.6) is 5.75 Å². The molecule has 0 unspecified atom stereocenters. The van der Waals surface area contributed by atoms with Crippen molar-refractivity contribution in [2.75, 3.05) is 19.0 Å². The van der Waals surface area contributed by atoms with Crippen molar-refractivity contribution in [3.8, 4) is 11.8 Å². The third kappa shape index (κ3) is 5.83. The highest BCUT2D eigenvalue weighted by molar-refractivity contribution is 6.33. The second-order valence-corrected chi connectivity index (χ2v) is 5.60. The number of rotatable bonds is 6. The summed E-state index contributed by atoms with van der Waals surface area (Å²) in [7, 11) is 1.52. The second kappa shape index (κ2) is 9.36. The van der Waals surface area contributed by atoms with Crippen LogP contribution in [0.15, 0.2) is 48.0 Å². The van der Waals surface area contributed by atoms with Crippen molar-refractivity contribution in [1.29, 1.82) is 5.26 Å². The van der Waals surface area contributed by atoms with Crippen molar-refractivity contribution < 1.29 is 23.5 Å². The zero-order valence-corrected chi connectivity index (χ0v) is 14.9. The van der Waals surface area contributed by atoms with Gasteiger partial charge in [0.25, 0.3) is 5.91 Å². The number of nitrogens with zero attached hydrogens (tertiary/aromatic N) is 1. The minimum absolute atomic E-state index is 0.00629. The lowest BCUT2D eigenvalue weighted by atomic mass is 10.1. The van der Waals surface area contributed by atoms with Gasteiger partial charge >= 0.3 is 5.97 Å². The number of nitriles is 1. The van der Waals surface area contributed by atoms with Crippen LogP contribution in [0, 0.1) is 17.1 Å². The summed E-state index contributed by atoms with van der Waals surface area (Å²) in [5.41, 5.74) is 0.494. The lowest BCUT2D eigenvalue weighted by molar-refractivity contribution is -0.142. The quantitative estimate of drug-likeness (QED) is 0.464. The Hall–Kier alpha value is -3.37. The molecule has 1 N–H and O–H groups in total. The molecule has 0 aliphatic heterocycles. The Morgan fingerprint density at radius 1 is 1.26 bits per heavy atom. The van der Waals surface area contributed by atoms with Crippen molar-refractivity contribution in [2.24, 2.45) is 0 Å². The Morgan fingerprint density at radius 2 is 1.96 bits per heavy atom. The number of nitrogens with one attached hydrogen (secondary N) is 1. The SMILES string of the molecule is COc1ccc(/C=C(/C#N)C(=O)OCC(=O)Nc2ccc(F)cc2Cl)cc1. The van der Waals surface area contributed by atoms with Crippen LogP contribution < -0.4 is 10.1 Å². The lowest BCUT2D eigenvalue weighted by Gasteiger charge is -2.08. The average molecular weight is 389 g/mol. The van der Waals surface area contributed by atoms with Gasteiger partial charge in [-0.05, 0) is 42.0 Å². The first-order chi connectivity index (χ1) is 12.9. The van der Waals surface area contributed by atoms with Crippen LogP contribution in [-0.2, 0) is 14.3 Å². The molecule has 1 amide bonds. The summed E-state index contributed by atoms with van der Waals surface area (Å²) < 4.78 is 22.8. The number of hydrogen-bond donors (Lipinski definition) is 1. The first-order valence-electron chi connectivity index (χ1n) is 7.61. The van der Waals surface area contributed by atoms with Gasteiger partial charge in [0.15, 0.2) is 6.61 Å². The number of ether oxygens (including phenoxy) is 2. The molecule has 0 fully saturated rings. The highest BCUT2D eigenvalue weighted by Gasteiger charge is 2.14. The molecule has 8 heteroatoms. The smallest absolute Gasteiger partial charge is 0.349 e. The number of hydrogen-bond acceptors (Lipinski definition) is 5. The monoisotopic (exact) mass is 388 g/mol. The zero-order chi connectivity index (χ0) is 19.8. The molecule has 6 nitrogen and oxygen atoms in total. The third-order valence-electron chi connectivity index (χ3n) is 3.31. The van der Waals surface area contributed by atoms with Crippen molar-refractivity contribution in [2.45, 2.75) is 0 Å². The first-order valence-corrected chi connectivity index (χ1v) is 7.98. The molecule has 0 saturated heterocycles. The number of benzene rings is 2. The molecule has 0 saturated carbocycles. The summed E-state index contributed by atoms with van der Waals surface area (Å²) in [6, 6.07) is 11.8. The fourth-order valence-corrected chi connectivity index (χ4v) is 2.20. The summed E-state index contributed by atoms with van der Waals surface area (Å²) in [5.74, 6) is -1.55. The molecule has 0 aliphatic carbocycles. The van der Waals surface area contributed by atoms with Crippen molar-refractivity contribution >= 4 is 35.2 Å². The van der Waals surface area contributed by atoms with Crippen LogP contribution in [-0.4, -0.2) is 25.6 Å². The van der Waals surface area contributed by atoms with Crippen LogP contribution in [0.1, 0.15) is 5.56 Å². The van der Waals surface area contributed by atoms with Gasteiger partial charge in [-0.2, -0.15) is 5.26 Å². The number of halogens is 2. The third-order valence-corrected chi connectivity index (χ3v) is 3.62. The Labute approximate surface area is 159 Å². The Balaban J connectivity index is 1.96. The van der Waals surface area contributed by atoms with E-state index in [2.05, 4.69) is 5.32 Å². The van der Waals surface area contributed by atoms with E-state index < -0.39 is 24.3 Å². The molecule has 0 spiro atoms. The molecule has 0 aliphatic rings. The summed E-state index contributed by atoms with van der Waals surface area (Å²) in [6.07, 6.45) is 1.33. The summed E-state index contributed by atoms with van der Waals surface area (Å²) in [5, 5.41) is 11.5. The number of methoxy groups -OCH3 is 1. The van der Waals surface area contributed by atoms with Crippen LogP contribution in [0.3, 0.4) is 0 Å². The molecule has 2 aromatic carbocycles. The largest absolute Gasteiger partial charge is 0.497 e. The number of esters is 1. The van der Waals surface area contributed by atoms with E-state index in [1.54, 1.807) is 30.3 Å². The van der Waals surface area contributed by atoms with E-state index in [1.807, 2.05) is 0 Å². The number of amides is 1. The molecule has 138 valence electrons. The van der Waals surface area contributed by atoms with Gasteiger partial charge in [-0.1, -0.05) is 23.7 Å². The van der Waals surface area contributed by atoms with Crippen LogP contribution >= 0.6 is 11.6 Å².